The number of anilines is 2. The number of carbonyl (C=O) groups excluding carboxylic acids is 1. The zero-order chi connectivity index (χ0) is 18.8. The number of hydrogen-bond acceptors (Lipinski definition) is 4. The normalized spacial score (nSPS) is 15.3. The van der Waals surface area contributed by atoms with Gasteiger partial charge in [0.2, 0.25) is 5.91 Å². The SMILES string of the molecule is Cc1nc2ccccc2n1CC(=O)Nc1ccc(N2CCN(C)CC2)cc1. The van der Waals surface area contributed by atoms with E-state index in [1.807, 2.05) is 47.9 Å². The van der Waals surface area contributed by atoms with Crippen molar-refractivity contribution in [1.29, 1.82) is 0 Å². The number of amides is 1. The van der Waals surface area contributed by atoms with Crippen LogP contribution < -0.4 is 10.2 Å². The molecule has 1 aliphatic rings. The van der Waals surface area contributed by atoms with E-state index in [9.17, 15) is 4.79 Å². The molecule has 1 fully saturated rings. The van der Waals surface area contributed by atoms with E-state index in [4.69, 9.17) is 0 Å². The average Bonchev–Trinajstić information content (AvgIpc) is 2.98. The Kier molecular flexibility index (Phi) is 4.81. The fourth-order valence-corrected chi connectivity index (χ4v) is 3.56. The van der Waals surface area contributed by atoms with Crippen molar-refractivity contribution in [3.8, 4) is 0 Å². The molecule has 1 N–H and O–H groups in total. The molecule has 0 atom stereocenters. The molecule has 1 aromatic heterocycles. The first-order valence-corrected chi connectivity index (χ1v) is 9.35. The van der Waals surface area contributed by atoms with Crippen LogP contribution >= 0.6 is 0 Å². The van der Waals surface area contributed by atoms with Crippen LogP contribution in [0, 0.1) is 6.92 Å². The Labute approximate surface area is 159 Å². The van der Waals surface area contributed by atoms with Gasteiger partial charge in [0, 0.05) is 37.6 Å². The van der Waals surface area contributed by atoms with Gasteiger partial charge in [0.15, 0.2) is 0 Å². The molecule has 0 unspecified atom stereocenters. The first-order valence-electron chi connectivity index (χ1n) is 9.35. The molecular weight excluding hydrogens is 338 g/mol. The summed E-state index contributed by atoms with van der Waals surface area (Å²) in [6, 6.07) is 16.0. The topological polar surface area (TPSA) is 53.4 Å². The Bertz CT molecular complexity index is 939. The average molecular weight is 363 g/mol. The molecule has 6 nitrogen and oxygen atoms in total. The summed E-state index contributed by atoms with van der Waals surface area (Å²) in [4.78, 5) is 21.8. The second-order valence-corrected chi connectivity index (χ2v) is 7.12. The summed E-state index contributed by atoms with van der Waals surface area (Å²) in [6.45, 7) is 6.42. The number of benzene rings is 2. The van der Waals surface area contributed by atoms with Crippen LogP contribution in [0.3, 0.4) is 0 Å². The summed E-state index contributed by atoms with van der Waals surface area (Å²) in [5.41, 5.74) is 3.92. The van der Waals surface area contributed by atoms with Crippen LogP contribution in [0.2, 0.25) is 0 Å². The number of aromatic nitrogens is 2. The van der Waals surface area contributed by atoms with Crippen LogP contribution in [0.1, 0.15) is 5.82 Å². The van der Waals surface area contributed by atoms with Gasteiger partial charge < -0.3 is 19.7 Å². The fourth-order valence-electron chi connectivity index (χ4n) is 3.56. The highest BCUT2D eigenvalue weighted by Crippen LogP contribution is 2.20. The highest BCUT2D eigenvalue weighted by Gasteiger charge is 2.14. The Morgan fingerprint density at radius 1 is 1.04 bits per heavy atom. The summed E-state index contributed by atoms with van der Waals surface area (Å²) in [7, 11) is 2.15. The number of rotatable bonds is 4. The molecule has 27 heavy (non-hydrogen) atoms. The molecule has 140 valence electrons. The Hall–Kier alpha value is -2.86. The van der Waals surface area contributed by atoms with Crippen LogP contribution in [0.4, 0.5) is 11.4 Å². The maximum atomic E-state index is 12.5. The van der Waals surface area contributed by atoms with Crippen LogP contribution in [0.15, 0.2) is 48.5 Å². The molecule has 1 saturated heterocycles. The number of piperazine rings is 1. The number of fused-ring (bicyclic) bond motifs is 1. The van der Waals surface area contributed by atoms with Crippen LogP contribution in [-0.2, 0) is 11.3 Å². The molecule has 1 amide bonds. The third kappa shape index (κ3) is 3.80. The van der Waals surface area contributed by atoms with Gasteiger partial charge in [0.05, 0.1) is 11.0 Å². The lowest BCUT2D eigenvalue weighted by Gasteiger charge is -2.34. The van der Waals surface area contributed by atoms with Crippen molar-refractivity contribution in [3.05, 3.63) is 54.4 Å². The van der Waals surface area contributed by atoms with Crippen molar-refractivity contribution in [3.63, 3.8) is 0 Å². The second-order valence-electron chi connectivity index (χ2n) is 7.12. The lowest BCUT2D eigenvalue weighted by molar-refractivity contribution is -0.116. The molecule has 0 radical (unpaired) electrons. The van der Waals surface area contributed by atoms with Gasteiger partial charge in [-0.2, -0.15) is 0 Å². The van der Waals surface area contributed by atoms with Crippen molar-refractivity contribution in [2.24, 2.45) is 0 Å². The van der Waals surface area contributed by atoms with E-state index < -0.39 is 0 Å². The molecule has 2 heterocycles. The molecule has 0 spiro atoms. The minimum Gasteiger partial charge on any atom is -0.369 e. The van der Waals surface area contributed by atoms with Crippen molar-refractivity contribution >= 4 is 28.3 Å². The van der Waals surface area contributed by atoms with Crippen LogP contribution in [-0.4, -0.2) is 53.6 Å². The number of nitrogens with zero attached hydrogens (tertiary/aromatic N) is 4. The summed E-state index contributed by atoms with van der Waals surface area (Å²) in [5, 5.41) is 3.00. The zero-order valence-corrected chi connectivity index (χ0v) is 15.9. The number of aryl methyl sites for hydroxylation is 1. The maximum absolute atomic E-state index is 12.5. The number of carbonyl (C=O) groups is 1. The molecule has 1 aliphatic heterocycles. The van der Waals surface area contributed by atoms with Crippen LogP contribution in [0.5, 0.6) is 0 Å². The van der Waals surface area contributed by atoms with E-state index in [0.717, 1.165) is 48.7 Å². The largest absolute Gasteiger partial charge is 0.369 e. The Morgan fingerprint density at radius 3 is 2.48 bits per heavy atom. The first-order chi connectivity index (χ1) is 13.1. The number of likely N-dealkylation sites (N-methyl/N-ethyl adjacent to an activating group) is 1. The smallest absolute Gasteiger partial charge is 0.244 e. The minimum atomic E-state index is -0.0476. The van der Waals surface area contributed by atoms with Gasteiger partial charge in [-0.05, 0) is 50.4 Å². The number of hydrogen-bond donors (Lipinski definition) is 1. The predicted molar refractivity (Wildman–Crippen MR) is 109 cm³/mol. The van der Waals surface area contributed by atoms with E-state index in [2.05, 4.69) is 39.3 Å². The third-order valence-electron chi connectivity index (χ3n) is 5.17. The lowest BCUT2D eigenvalue weighted by Crippen LogP contribution is -2.44. The highest BCUT2D eigenvalue weighted by molar-refractivity contribution is 5.92. The highest BCUT2D eigenvalue weighted by atomic mass is 16.1. The van der Waals surface area contributed by atoms with Gasteiger partial charge in [-0.1, -0.05) is 12.1 Å². The molecular formula is C21H25N5O. The standard InChI is InChI=1S/C21H25N5O/c1-16-22-19-5-3-4-6-20(19)26(16)15-21(27)23-17-7-9-18(10-8-17)25-13-11-24(2)12-14-25/h3-10H,11-15H2,1-2H3,(H,23,27). The summed E-state index contributed by atoms with van der Waals surface area (Å²) >= 11 is 0. The van der Waals surface area contributed by atoms with E-state index in [0.29, 0.717) is 0 Å². The van der Waals surface area contributed by atoms with Crippen molar-refractivity contribution in [1.82, 2.24) is 14.5 Å². The van der Waals surface area contributed by atoms with E-state index >= 15 is 0 Å². The first kappa shape index (κ1) is 17.5. The molecule has 0 bridgehead atoms. The Balaban J connectivity index is 1.41. The third-order valence-corrected chi connectivity index (χ3v) is 5.17. The molecule has 4 rings (SSSR count). The van der Waals surface area contributed by atoms with E-state index in [1.54, 1.807) is 0 Å². The predicted octanol–water partition coefficient (Wildman–Crippen LogP) is 2.74. The number of nitrogens with one attached hydrogen (secondary N) is 1. The Morgan fingerprint density at radius 2 is 1.74 bits per heavy atom. The van der Waals surface area contributed by atoms with Crippen molar-refractivity contribution in [2.45, 2.75) is 13.5 Å². The van der Waals surface area contributed by atoms with Gasteiger partial charge in [-0.15, -0.1) is 0 Å². The molecule has 2 aromatic carbocycles. The van der Waals surface area contributed by atoms with Gasteiger partial charge in [-0.3, -0.25) is 4.79 Å². The maximum Gasteiger partial charge on any atom is 0.244 e. The van der Waals surface area contributed by atoms with E-state index in [-0.39, 0.29) is 12.5 Å². The molecule has 3 aromatic rings. The zero-order valence-electron chi connectivity index (χ0n) is 15.9. The van der Waals surface area contributed by atoms with Crippen molar-refractivity contribution < 1.29 is 4.79 Å². The van der Waals surface area contributed by atoms with Gasteiger partial charge in [-0.25, -0.2) is 4.98 Å². The molecule has 0 aliphatic carbocycles. The lowest BCUT2D eigenvalue weighted by atomic mass is 10.2. The summed E-state index contributed by atoms with van der Waals surface area (Å²) in [5.74, 6) is 0.797. The fraction of sp³-hybridized carbons (Fsp3) is 0.333. The van der Waals surface area contributed by atoms with Gasteiger partial charge in [0.25, 0.3) is 0 Å². The minimum absolute atomic E-state index is 0.0476. The van der Waals surface area contributed by atoms with Gasteiger partial charge in [0.1, 0.15) is 12.4 Å². The molecule has 6 heteroatoms. The second kappa shape index (κ2) is 7.40. The van der Waals surface area contributed by atoms with Crippen molar-refractivity contribution in [2.75, 3.05) is 43.4 Å². The van der Waals surface area contributed by atoms with Gasteiger partial charge >= 0.3 is 0 Å². The summed E-state index contributed by atoms with van der Waals surface area (Å²) in [6.07, 6.45) is 0. The number of para-hydroxylation sites is 2. The van der Waals surface area contributed by atoms with E-state index in [1.165, 1.54) is 5.69 Å². The monoisotopic (exact) mass is 363 g/mol. The van der Waals surface area contributed by atoms with Crippen LogP contribution in [0.25, 0.3) is 11.0 Å². The number of imidazole rings is 1. The summed E-state index contributed by atoms with van der Waals surface area (Å²) < 4.78 is 1.95. The quantitative estimate of drug-likeness (QED) is 0.774. The molecule has 0 saturated carbocycles.